The number of fused-ring (bicyclic) bond motifs is 1. The van der Waals surface area contributed by atoms with Crippen molar-refractivity contribution in [3.63, 3.8) is 0 Å². The number of ether oxygens (including phenoxy) is 1. The average Bonchev–Trinajstić information content (AvgIpc) is 3.26. The summed E-state index contributed by atoms with van der Waals surface area (Å²) in [7, 11) is 7.45. The molecule has 0 unspecified atom stereocenters. The zero-order chi connectivity index (χ0) is 25.5. The second-order valence-corrected chi connectivity index (χ2v) is 10.7. The molecule has 1 aliphatic carbocycles. The minimum absolute atomic E-state index is 0.261. The van der Waals surface area contributed by atoms with E-state index in [1.165, 1.54) is 70.5 Å². The van der Waals surface area contributed by atoms with Gasteiger partial charge in [0.25, 0.3) is 0 Å². The lowest BCUT2D eigenvalue weighted by Gasteiger charge is -2.28. The maximum absolute atomic E-state index is 11.8. The van der Waals surface area contributed by atoms with Crippen LogP contribution in [0.5, 0.6) is 0 Å². The molecule has 2 aromatic heterocycles. The minimum Gasteiger partial charge on any atom is -0.464 e. The molecule has 1 aromatic carbocycles. The summed E-state index contributed by atoms with van der Waals surface area (Å²) < 4.78 is 6.72. The Labute approximate surface area is 216 Å². The number of hydrogen-bond donors (Lipinski definition) is 0. The van der Waals surface area contributed by atoms with Crippen LogP contribution >= 0.6 is 0 Å². The smallest absolute Gasteiger partial charge is 0.354 e. The first-order valence-corrected chi connectivity index (χ1v) is 13.6. The molecule has 0 bridgehead atoms. The first-order chi connectivity index (χ1) is 17.4. The highest BCUT2D eigenvalue weighted by Crippen LogP contribution is 2.34. The minimum atomic E-state index is -0.261. The Morgan fingerprint density at radius 2 is 1.69 bits per heavy atom. The van der Waals surface area contributed by atoms with Gasteiger partial charge in [0.15, 0.2) is 0 Å². The fourth-order valence-corrected chi connectivity index (χ4v) is 5.76. The van der Waals surface area contributed by atoms with E-state index in [9.17, 15) is 4.79 Å². The summed E-state index contributed by atoms with van der Waals surface area (Å²) in [6.07, 6.45) is 15.8. The summed E-state index contributed by atoms with van der Waals surface area (Å²) in [5, 5.41) is 1.12. The Bertz CT molecular complexity index is 1150. The Hall–Kier alpha value is -2.89. The molecule has 4 rings (SSSR count). The Morgan fingerprint density at radius 3 is 2.39 bits per heavy atom. The van der Waals surface area contributed by atoms with Crippen molar-refractivity contribution in [2.24, 2.45) is 18.9 Å². The highest BCUT2D eigenvalue weighted by atomic mass is 16.5. The number of unbranched alkanes of at least 4 members (excludes halogenated alkanes) is 1. The van der Waals surface area contributed by atoms with Gasteiger partial charge in [-0.25, -0.2) is 14.8 Å². The third-order valence-corrected chi connectivity index (χ3v) is 7.82. The SMILES string of the molecule is COC(=O)c1cc(CCCCC2CCC(CCCc3nc(N(C)C)c4ccccc4n3)CC2)cn1C. The summed E-state index contributed by atoms with van der Waals surface area (Å²) in [6, 6.07) is 10.3. The van der Waals surface area contributed by atoms with E-state index in [1.807, 2.05) is 17.7 Å². The lowest BCUT2D eigenvalue weighted by molar-refractivity contribution is 0.0590. The van der Waals surface area contributed by atoms with Gasteiger partial charge in [-0.3, -0.25) is 0 Å². The molecule has 0 radical (unpaired) electrons. The van der Waals surface area contributed by atoms with E-state index < -0.39 is 0 Å². The molecule has 6 nitrogen and oxygen atoms in total. The molecule has 1 saturated carbocycles. The highest BCUT2D eigenvalue weighted by molar-refractivity contribution is 5.89. The van der Waals surface area contributed by atoms with Crippen molar-refractivity contribution >= 4 is 22.7 Å². The van der Waals surface area contributed by atoms with Crippen molar-refractivity contribution in [2.45, 2.75) is 70.6 Å². The molecule has 0 N–H and O–H groups in total. The topological polar surface area (TPSA) is 60.2 Å². The van der Waals surface area contributed by atoms with Crippen LogP contribution in [-0.4, -0.2) is 41.7 Å². The number of para-hydroxylation sites is 1. The number of esters is 1. The highest BCUT2D eigenvalue weighted by Gasteiger charge is 2.21. The molecule has 36 heavy (non-hydrogen) atoms. The summed E-state index contributed by atoms with van der Waals surface area (Å²) in [4.78, 5) is 23.6. The zero-order valence-electron chi connectivity index (χ0n) is 22.5. The average molecular weight is 491 g/mol. The molecule has 0 aliphatic heterocycles. The molecule has 0 saturated heterocycles. The van der Waals surface area contributed by atoms with Gasteiger partial charge >= 0.3 is 5.97 Å². The molecule has 6 heteroatoms. The van der Waals surface area contributed by atoms with Gasteiger partial charge in [0, 0.05) is 39.1 Å². The Kier molecular flexibility index (Phi) is 9.00. The van der Waals surface area contributed by atoms with Gasteiger partial charge in [0.1, 0.15) is 17.3 Å². The quantitative estimate of drug-likeness (QED) is 0.231. The van der Waals surface area contributed by atoms with E-state index in [0.29, 0.717) is 5.69 Å². The predicted molar refractivity (Wildman–Crippen MR) is 147 cm³/mol. The molecular formula is C30H42N4O2. The molecule has 194 valence electrons. The van der Waals surface area contributed by atoms with E-state index in [2.05, 4.69) is 49.5 Å². The lowest BCUT2D eigenvalue weighted by atomic mass is 9.78. The number of aryl methyl sites for hydroxylation is 3. The standard InChI is InChI=1S/C30H42N4O2/c1-33(2)29-25-13-7-8-14-26(25)31-28(32-29)15-9-12-23-18-16-22(17-19-23)10-5-6-11-24-20-27(30(35)36-4)34(3)21-24/h7-8,13-14,20-23H,5-6,9-12,15-19H2,1-4H3. The molecule has 0 spiro atoms. The third kappa shape index (κ3) is 6.65. The summed E-state index contributed by atoms with van der Waals surface area (Å²) in [5.74, 6) is 3.48. The fourth-order valence-electron chi connectivity index (χ4n) is 5.76. The van der Waals surface area contributed by atoms with Crippen LogP contribution in [0.3, 0.4) is 0 Å². The molecule has 0 amide bonds. The lowest BCUT2D eigenvalue weighted by Crippen LogP contribution is -2.15. The van der Waals surface area contributed by atoms with Gasteiger partial charge in [-0.15, -0.1) is 0 Å². The second kappa shape index (κ2) is 12.4. The number of anilines is 1. The van der Waals surface area contributed by atoms with Gasteiger partial charge in [-0.2, -0.15) is 0 Å². The van der Waals surface area contributed by atoms with Crippen molar-refractivity contribution in [1.29, 1.82) is 0 Å². The molecule has 2 heterocycles. The molecule has 1 aliphatic rings. The number of rotatable bonds is 11. The number of hydrogen-bond acceptors (Lipinski definition) is 5. The van der Waals surface area contributed by atoms with Crippen LogP contribution in [0.25, 0.3) is 10.9 Å². The molecule has 0 atom stereocenters. The van der Waals surface area contributed by atoms with E-state index >= 15 is 0 Å². The van der Waals surface area contributed by atoms with Crippen LogP contribution in [0.4, 0.5) is 5.82 Å². The number of nitrogens with zero attached hydrogens (tertiary/aromatic N) is 4. The van der Waals surface area contributed by atoms with Gasteiger partial charge in [0.2, 0.25) is 0 Å². The number of aromatic nitrogens is 3. The van der Waals surface area contributed by atoms with Gasteiger partial charge in [-0.1, -0.05) is 57.1 Å². The monoisotopic (exact) mass is 490 g/mol. The van der Waals surface area contributed by atoms with Crippen molar-refractivity contribution < 1.29 is 9.53 Å². The number of benzene rings is 1. The maximum atomic E-state index is 11.8. The second-order valence-electron chi connectivity index (χ2n) is 10.7. The fraction of sp³-hybridized carbons (Fsp3) is 0.567. The van der Waals surface area contributed by atoms with Crippen LogP contribution in [-0.2, 0) is 24.6 Å². The maximum Gasteiger partial charge on any atom is 0.354 e. The Morgan fingerprint density at radius 1 is 1.00 bits per heavy atom. The van der Waals surface area contributed by atoms with Crippen LogP contribution < -0.4 is 4.90 Å². The summed E-state index contributed by atoms with van der Waals surface area (Å²) in [6.45, 7) is 0. The van der Waals surface area contributed by atoms with Crippen molar-refractivity contribution in [3.05, 3.63) is 53.6 Å². The number of methoxy groups -OCH3 is 1. The van der Waals surface area contributed by atoms with Crippen LogP contribution in [0.15, 0.2) is 36.5 Å². The van der Waals surface area contributed by atoms with Crippen LogP contribution in [0.2, 0.25) is 0 Å². The van der Waals surface area contributed by atoms with E-state index in [4.69, 9.17) is 14.7 Å². The van der Waals surface area contributed by atoms with E-state index in [1.54, 1.807) is 0 Å². The van der Waals surface area contributed by atoms with Gasteiger partial charge in [-0.05, 0) is 54.9 Å². The van der Waals surface area contributed by atoms with Crippen molar-refractivity contribution in [3.8, 4) is 0 Å². The predicted octanol–water partition coefficient (Wildman–Crippen LogP) is 6.36. The van der Waals surface area contributed by atoms with Gasteiger partial charge in [0.05, 0.1) is 12.6 Å². The summed E-state index contributed by atoms with van der Waals surface area (Å²) >= 11 is 0. The first-order valence-electron chi connectivity index (χ1n) is 13.6. The molecule has 1 fully saturated rings. The zero-order valence-corrected chi connectivity index (χ0v) is 22.5. The normalized spacial score (nSPS) is 17.9. The molecular weight excluding hydrogens is 448 g/mol. The Balaban J connectivity index is 1.15. The first kappa shape index (κ1) is 26.2. The largest absolute Gasteiger partial charge is 0.464 e. The van der Waals surface area contributed by atoms with Crippen molar-refractivity contribution in [2.75, 3.05) is 26.1 Å². The third-order valence-electron chi connectivity index (χ3n) is 7.82. The van der Waals surface area contributed by atoms with E-state index in [-0.39, 0.29) is 5.97 Å². The molecule has 3 aromatic rings. The van der Waals surface area contributed by atoms with Gasteiger partial charge < -0.3 is 14.2 Å². The van der Waals surface area contributed by atoms with E-state index in [0.717, 1.165) is 47.2 Å². The van der Waals surface area contributed by atoms with Crippen LogP contribution in [0.1, 0.15) is 79.7 Å². The summed E-state index contributed by atoms with van der Waals surface area (Å²) in [5.41, 5.74) is 2.91. The number of carbonyl (C=O) groups excluding carboxylic acids is 1. The van der Waals surface area contributed by atoms with Crippen molar-refractivity contribution in [1.82, 2.24) is 14.5 Å². The number of carbonyl (C=O) groups is 1. The van der Waals surface area contributed by atoms with Crippen LogP contribution in [0, 0.1) is 11.8 Å².